The summed E-state index contributed by atoms with van der Waals surface area (Å²) in [6, 6.07) is 6.21. The Labute approximate surface area is 173 Å². The molecule has 0 saturated carbocycles. The van der Waals surface area contributed by atoms with Crippen molar-refractivity contribution in [1.82, 2.24) is 19.3 Å². The molecule has 0 unspecified atom stereocenters. The quantitative estimate of drug-likeness (QED) is 0.375. The zero-order chi connectivity index (χ0) is 20.3. The van der Waals surface area contributed by atoms with E-state index in [2.05, 4.69) is 33.2 Å². The molecule has 8 heteroatoms. The lowest BCUT2D eigenvalue weighted by Gasteiger charge is -2.17. The number of thioether (sulfide) groups is 1. The van der Waals surface area contributed by atoms with E-state index in [1.807, 2.05) is 37.4 Å². The lowest BCUT2D eigenvalue weighted by atomic mass is 10.2. The van der Waals surface area contributed by atoms with Crippen LogP contribution in [0.4, 0.5) is 0 Å². The van der Waals surface area contributed by atoms with Crippen LogP contribution in [0.2, 0.25) is 0 Å². The standard InChI is InChI=1S/C20H26N4O2S2/c1-6-23-19(18-8-7-9-27-18)21-22-20(23)28-12-17(25)16-10-13(2)24(15(16)4)14(3)11-26-5/h7-10,14H,6,11-12H2,1-5H3/t14-/m0/s1. The van der Waals surface area contributed by atoms with Crippen molar-refractivity contribution in [2.75, 3.05) is 19.5 Å². The summed E-state index contributed by atoms with van der Waals surface area (Å²) in [5.74, 6) is 1.31. The highest BCUT2D eigenvalue weighted by Crippen LogP contribution is 2.28. The zero-order valence-electron chi connectivity index (χ0n) is 16.9. The van der Waals surface area contributed by atoms with E-state index in [1.165, 1.54) is 11.8 Å². The van der Waals surface area contributed by atoms with E-state index in [9.17, 15) is 4.79 Å². The highest BCUT2D eigenvalue weighted by molar-refractivity contribution is 7.99. The fraction of sp³-hybridized carbons (Fsp3) is 0.450. The van der Waals surface area contributed by atoms with Gasteiger partial charge in [0, 0.05) is 30.6 Å². The number of carbonyl (C=O) groups is 1. The van der Waals surface area contributed by atoms with Gasteiger partial charge in [-0.25, -0.2) is 0 Å². The first-order valence-corrected chi connectivity index (χ1v) is 11.1. The Morgan fingerprint density at radius 2 is 2.14 bits per heavy atom. The van der Waals surface area contributed by atoms with Gasteiger partial charge in [0.05, 0.1) is 23.3 Å². The molecule has 0 aromatic carbocycles. The fourth-order valence-electron chi connectivity index (χ4n) is 3.53. The van der Waals surface area contributed by atoms with Gasteiger partial charge in [-0.3, -0.25) is 4.79 Å². The smallest absolute Gasteiger partial charge is 0.191 e. The van der Waals surface area contributed by atoms with Gasteiger partial charge in [0.2, 0.25) is 0 Å². The molecule has 0 N–H and O–H groups in total. The summed E-state index contributed by atoms with van der Waals surface area (Å²) in [4.78, 5) is 14.0. The summed E-state index contributed by atoms with van der Waals surface area (Å²) >= 11 is 3.09. The van der Waals surface area contributed by atoms with Crippen LogP contribution in [-0.4, -0.2) is 44.6 Å². The molecule has 0 fully saturated rings. The molecule has 0 spiro atoms. The van der Waals surface area contributed by atoms with Crippen molar-refractivity contribution >= 4 is 28.9 Å². The van der Waals surface area contributed by atoms with Crippen LogP contribution in [0.5, 0.6) is 0 Å². The molecule has 3 heterocycles. The van der Waals surface area contributed by atoms with Crippen LogP contribution in [0.1, 0.15) is 41.6 Å². The van der Waals surface area contributed by atoms with Crippen molar-refractivity contribution in [1.29, 1.82) is 0 Å². The van der Waals surface area contributed by atoms with Crippen LogP contribution in [0.3, 0.4) is 0 Å². The zero-order valence-corrected chi connectivity index (χ0v) is 18.6. The minimum Gasteiger partial charge on any atom is -0.383 e. The van der Waals surface area contributed by atoms with Gasteiger partial charge in [0.25, 0.3) is 0 Å². The maximum Gasteiger partial charge on any atom is 0.191 e. The summed E-state index contributed by atoms with van der Waals surface area (Å²) in [6.07, 6.45) is 0. The summed E-state index contributed by atoms with van der Waals surface area (Å²) < 4.78 is 9.51. The Balaban J connectivity index is 1.76. The average molecular weight is 419 g/mol. The molecule has 0 aliphatic rings. The molecule has 1 atom stereocenters. The number of hydrogen-bond acceptors (Lipinski definition) is 6. The Kier molecular flexibility index (Phi) is 6.74. The molecule has 0 bridgehead atoms. The number of Topliss-reactive ketones (excluding diaryl/α,β-unsaturated/α-hetero) is 1. The summed E-state index contributed by atoms with van der Waals surface area (Å²) in [5.41, 5.74) is 2.84. The number of aromatic nitrogens is 4. The van der Waals surface area contributed by atoms with Crippen molar-refractivity contribution in [3.63, 3.8) is 0 Å². The van der Waals surface area contributed by atoms with Crippen LogP contribution in [0.15, 0.2) is 28.7 Å². The Bertz CT molecular complexity index is 944. The normalized spacial score (nSPS) is 12.5. The van der Waals surface area contributed by atoms with Crippen LogP contribution < -0.4 is 0 Å². The number of thiophene rings is 1. The predicted molar refractivity (Wildman–Crippen MR) is 115 cm³/mol. The summed E-state index contributed by atoms with van der Waals surface area (Å²) in [7, 11) is 1.70. The molecule has 6 nitrogen and oxygen atoms in total. The molecule has 3 aromatic rings. The van der Waals surface area contributed by atoms with E-state index in [-0.39, 0.29) is 11.8 Å². The maximum atomic E-state index is 12.9. The van der Waals surface area contributed by atoms with Crippen molar-refractivity contribution in [3.8, 4) is 10.7 Å². The highest BCUT2D eigenvalue weighted by atomic mass is 32.2. The van der Waals surface area contributed by atoms with Crippen LogP contribution in [0, 0.1) is 13.8 Å². The number of rotatable bonds is 9. The van der Waals surface area contributed by atoms with Crippen molar-refractivity contribution < 1.29 is 9.53 Å². The first kappa shape index (κ1) is 20.8. The summed E-state index contributed by atoms with van der Waals surface area (Å²) in [5, 5.41) is 11.5. The fourth-order valence-corrected chi connectivity index (χ4v) is 5.13. The van der Waals surface area contributed by atoms with Gasteiger partial charge in [-0.05, 0) is 45.2 Å². The molecule has 0 amide bonds. The van der Waals surface area contributed by atoms with E-state index in [4.69, 9.17) is 4.74 Å². The van der Waals surface area contributed by atoms with Gasteiger partial charge in [-0.1, -0.05) is 17.8 Å². The molecule has 0 radical (unpaired) electrons. The van der Waals surface area contributed by atoms with E-state index in [1.54, 1.807) is 18.4 Å². The second kappa shape index (κ2) is 9.07. The van der Waals surface area contributed by atoms with Crippen molar-refractivity contribution in [3.05, 3.63) is 40.5 Å². The van der Waals surface area contributed by atoms with Gasteiger partial charge < -0.3 is 13.9 Å². The summed E-state index contributed by atoms with van der Waals surface area (Å²) in [6.45, 7) is 9.58. The van der Waals surface area contributed by atoms with E-state index in [0.717, 1.165) is 39.4 Å². The number of nitrogens with zero attached hydrogens (tertiary/aromatic N) is 4. The van der Waals surface area contributed by atoms with Gasteiger partial charge in [-0.15, -0.1) is 21.5 Å². The predicted octanol–water partition coefficient (Wildman–Crippen LogP) is 4.63. The third-order valence-electron chi connectivity index (χ3n) is 4.74. The van der Waals surface area contributed by atoms with Crippen LogP contribution >= 0.6 is 23.1 Å². The Morgan fingerprint density at radius 3 is 2.79 bits per heavy atom. The number of hydrogen-bond donors (Lipinski definition) is 0. The molecule has 3 rings (SSSR count). The lowest BCUT2D eigenvalue weighted by Crippen LogP contribution is -2.14. The highest BCUT2D eigenvalue weighted by Gasteiger charge is 2.20. The van der Waals surface area contributed by atoms with Gasteiger partial charge in [-0.2, -0.15) is 0 Å². The molecule has 3 aromatic heterocycles. The maximum absolute atomic E-state index is 12.9. The molecule has 150 valence electrons. The third-order valence-corrected chi connectivity index (χ3v) is 6.57. The number of aryl methyl sites for hydroxylation is 1. The first-order valence-electron chi connectivity index (χ1n) is 9.28. The average Bonchev–Trinajstić information content (AvgIpc) is 3.38. The van der Waals surface area contributed by atoms with Crippen LogP contribution in [0.25, 0.3) is 10.7 Å². The van der Waals surface area contributed by atoms with Crippen molar-refractivity contribution in [2.45, 2.75) is 45.4 Å². The number of ether oxygens (including phenoxy) is 1. The number of carbonyl (C=O) groups excluding carboxylic acids is 1. The van der Waals surface area contributed by atoms with Crippen LogP contribution in [-0.2, 0) is 11.3 Å². The Hall–Kier alpha value is -1.90. The van der Waals surface area contributed by atoms with Crippen molar-refractivity contribution in [2.24, 2.45) is 0 Å². The second-order valence-electron chi connectivity index (χ2n) is 6.70. The molecular formula is C20H26N4O2S2. The van der Waals surface area contributed by atoms with E-state index < -0.39 is 0 Å². The minimum absolute atomic E-state index is 0.109. The van der Waals surface area contributed by atoms with Gasteiger partial charge in [0.1, 0.15) is 0 Å². The molecule has 28 heavy (non-hydrogen) atoms. The second-order valence-corrected chi connectivity index (χ2v) is 8.59. The van der Waals surface area contributed by atoms with E-state index >= 15 is 0 Å². The monoisotopic (exact) mass is 418 g/mol. The first-order chi connectivity index (χ1) is 13.5. The van der Waals surface area contributed by atoms with Gasteiger partial charge in [0.15, 0.2) is 16.8 Å². The number of methoxy groups -OCH3 is 1. The molecule has 0 aliphatic heterocycles. The van der Waals surface area contributed by atoms with E-state index in [0.29, 0.717) is 12.4 Å². The lowest BCUT2D eigenvalue weighted by molar-refractivity contribution is 0.102. The minimum atomic E-state index is 0.109. The largest absolute Gasteiger partial charge is 0.383 e. The molecule has 0 saturated heterocycles. The molecule has 0 aliphatic carbocycles. The number of ketones is 1. The SMILES string of the molecule is CCn1c(SCC(=O)c2cc(C)n([C@@H](C)COC)c2C)nnc1-c1cccs1. The van der Waals surface area contributed by atoms with Gasteiger partial charge >= 0.3 is 0 Å². The Morgan fingerprint density at radius 1 is 1.36 bits per heavy atom. The topological polar surface area (TPSA) is 61.9 Å². The third kappa shape index (κ3) is 4.09. The molecular weight excluding hydrogens is 392 g/mol.